The third kappa shape index (κ3) is 7.52. The number of rotatable bonds is 10. The van der Waals surface area contributed by atoms with Crippen LogP contribution in [0.5, 0.6) is 17.2 Å². The Balaban J connectivity index is 1.88. The molecule has 164 valence electrons. The van der Waals surface area contributed by atoms with Crippen LogP contribution in [-0.2, 0) is 19.1 Å². The minimum Gasteiger partial charge on any atom is -0.502 e. The van der Waals surface area contributed by atoms with Crippen molar-refractivity contribution in [3.8, 4) is 17.2 Å². The SMILES string of the molecule is COc1cc(/C=C/C(=O)OCC(CO)OC(=O)/C=C/c2ccccc2)cc(OC)c1O. The molecule has 8 nitrogen and oxygen atoms in total. The first kappa shape index (κ1) is 23.5. The number of phenols is 1. The second-order valence-corrected chi connectivity index (χ2v) is 6.22. The molecule has 2 aromatic carbocycles. The molecule has 0 aliphatic heterocycles. The van der Waals surface area contributed by atoms with Gasteiger partial charge in [0.05, 0.1) is 20.8 Å². The van der Waals surface area contributed by atoms with Gasteiger partial charge in [-0.25, -0.2) is 9.59 Å². The Bertz CT molecular complexity index is 909. The standard InChI is InChI=1S/C23H24O8/c1-28-19-12-17(13-20(29-2)23(19)27)9-10-21(25)30-15-18(14-24)31-22(26)11-8-16-6-4-3-5-7-16/h3-13,18,24,27H,14-15H2,1-2H3/b10-9+,11-8+. The van der Waals surface area contributed by atoms with E-state index in [1.54, 1.807) is 6.08 Å². The molecule has 0 heterocycles. The molecule has 31 heavy (non-hydrogen) atoms. The minimum absolute atomic E-state index is 0.154. The molecule has 1 atom stereocenters. The number of carbonyl (C=O) groups is 2. The van der Waals surface area contributed by atoms with Crippen LogP contribution in [0.25, 0.3) is 12.2 Å². The molecule has 2 aromatic rings. The van der Waals surface area contributed by atoms with Crippen molar-refractivity contribution in [3.63, 3.8) is 0 Å². The zero-order valence-corrected chi connectivity index (χ0v) is 17.2. The van der Waals surface area contributed by atoms with E-state index in [-0.39, 0.29) is 23.9 Å². The quantitative estimate of drug-likeness (QED) is 0.439. The van der Waals surface area contributed by atoms with Gasteiger partial charge in [0.2, 0.25) is 5.75 Å². The van der Waals surface area contributed by atoms with E-state index in [1.165, 1.54) is 38.5 Å². The van der Waals surface area contributed by atoms with E-state index < -0.39 is 24.6 Å². The summed E-state index contributed by atoms with van der Waals surface area (Å²) in [5.41, 5.74) is 1.35. The van der Waals surface area contributed by atoms with Crippen LogP contribution in [0.1, 0.15) is 11.1 Å². The number of methoxy groups -OCH3 is 2. The molecular formula is C23H24O8. The molecule has 2 rings (SSSR count). The second kappa shape index (κ2) is 12.0. The topological polar surface area (TPSA) is 112 Å². The summed E-state index contributed by atoms with van der Waals surface area (Å²) in [6.07, 6.45) is 4.39. The highest BCUT2D eigenvalue weighted by Gasteiger charge is 2.14. The summed E-state index contributed by atoms with van der Waals surface area (Å²) in [5.74, 6) is -1.16. The number of aromatic hydroxyl groups is 1. The maximum absolute atomic E-state index is 12.0. The molecule has 0 radical (unpaired) electrons. The van der Waals surface area contributed by atoms with Crippen molar-refractivity contribution in [2.75, 3.05) is 27.4 Å². The fraction of sp³-hybridized carbons (Fsp3) is 0.217. The number of phenolic OH excluding ortho intramolecular Hbond substituents is 1. The largest absolute Gasteiger partial charge is 0.502 e. The van der Waals surface area contributed by atoms with Crippen LogP contribution in [0.3, 0.4) is 0 Å². The minimum atomic E-state index is -1.00. The van der Waals surface area contributed by atoms with Crippen molar-refractivity contribution in [2.24, 2.45) is 0 Å². The fourth-order valence-corrected chi connectivity index (χ4v) is 2.45. The molecule has 8 heteroatoms. The summed E-state index contributed by atoms with van der Waals surface area (Å²) < 4.78 is 20.2. The van der Waals surface area contributed by atoms with Crippen LogP contribution in [0, 0.1) is 0 Å². The number of benzene rings is 2. The molecular weight excluding hydrogens is 404 g/mol. The predicted octanol–water partition coefficient (Wildman–Crippen LogP) is 2.58. The van der Waals surface area contributed by atoms with Crippen molar-refractivity contribution in [2.45, 2.75) is 6.10 Å². The maximum Gasteiger partial charge on any atom is 0.331 e. The molecule has 0 fully saturated rings. The maximum atomic E-state index is 12.0. The van der Waals surface area contributed by atoms with Gasteiger partial charge in [0.15, 0.2) is 17.6 Å². The van der Waals surface area contributed by atoms with Crippen LogP contribution in [0.4, 0.5) is 0 Å². The van der Waals surface area contributed by atoms with Crippen LogP contribution in [0.2, 0.25) is 0 Å². The zero-order valence-electron chi connectivity index (χ0n) is 17.2. The van der Waals surface area contributed by atoms with Crippen molar-refractivity contribution in [1.29, 1.82) is 0 Å². The number of aliphatic hydroxyl groups is 1. The number of aliphatic hydroxyl groups excluding tert-OH is 1. The molecule has 0 aromatic heterocycles. The third-order valence-corrected chi connectivity index (χ3v) is 4.02. The highest BCUT2D eigenvalue weighted by atomic mass is 16.6. The Labute approximate surface area is 179 Å². The summed E-state index contributed by atoms with van der Waals surface area (Å²) in [6.45, 7) is -0.818. The van der Waals surface area contributed by atoms with Gasteiger partial charge in [-0.1, -0.05) is 30.3 Å². The Kier molecular flexibility index (Phi) is 9.13. The number of hydrogen-bond acceptors (Lipinski definition) is 8. The lowest BCUT2D eigenvalue weighted by Crippen LogP contribution is -2.27. The highest BCUT2D eigenvalue weighted by molar-refractivity contribution is 5.88. The highest BCUT2D eigenvalue weighted by Crippen LogP contribution is 2.37. The Morgan fingerprint density at radius 2 is 1.52 bits per heavy atom. The van der Waals surface area contributed by atoms with E-state index in [0.29, 0.717) is 5.56 Å². The molecule has 0 aliphatic carbocycles. The molecule has 0 saturated heterocycles. The first-order chi connectivity index (χ1) is 15.0. The molecule has 0 amide bonds. The molecule has 0 bridgehead atoms. The zero-order chi connectivity index (χ0) is 22.6. The average molecular weight is 428 g/mol. The summed E-state index contributed by atoms with van der Waals surface area (Å²) in [5, 5.41) is 19.3. The first-order valence-corrected chi connectivity index (χ1v) is 9.31. The average Bonchev–Trinajstić information content (AvgIpc) is 2.80. The summed E-state index contributed by atoms with van der Waals surface area (Å²) in [4.78, 5) is 23.8. The predicted molar refractivity (Wildman–Crippen MR) is 114 cm³/mol. The van der Waals surface area contributed by atoms with Gasteiger partial charge in [-0.3, -0.25) is 0 Å². The molecule has 1 unspecified atom stereocenters. The summed E-state index contributed by atoms with van der Waals surface area (Å²) >= 11 is 0. The van der Waals surface area contributed by atoms with Crippen LogP contribution in [0.15, 0.2) is 54.6 Å². The van der Waals surface area contributed by atoms with Crippen LogP contribution >= 0.6 is 0 Å². The van der Waals surface area contributed by atoms with Gasteiger partial charge in [-0.2, -0.15) is 0 Å². The van der Waals surface area contributed by atoms with Crippen molar-refractivity contribution in [3.05, 3.63) is 65.7 Å². The van der Waals surface area contributed by atoms with Crippen molar-refractivity contribution >= 4 is 24.1 Å². The van der Waals surface area contributed by atoms with Gasteiger partial charge < -0.3 is 29.2 Å². The van der Waals surface area contributed by atoms with E-state index in [4.69, 9.17) is 18.9 Å². The van der Waals surface area contributed by atoms with E-state index in [0.717, 1.165) is 11.6 Å². The lowest BCUT2D eigenvalue weighted by Gasteiger charge is -2.14. The van der Waals surface area contributed by atoms with Gasteiger partial charge in [-0.05, 0) is 35.4 Å². The van der Waals surface area contributed by atoms with E-state index in [1.807, 2.05) is 30.3 Å². The summed E-state index contributed by atoms with van der Waals surface area (Å²) in [6, 6.07) is 12.2. The van der Waals surface area contributed by atoms with E-state index in [9.17, 15) is 19.8 Å². The number of esters is 2. The van der Waals surface area contributed by atoms with E-state index >= 15 is 0 Å². The van der Waals surface area contributed by atoms with Gasteiger partial charge in [0.1, 0.15) is 6.61 Å². The van der Waals surface area contributed by atoms with E-state index in [2.05, 4.69) is 0 Å². The van der Waals surface area contributed by atoms with Crippen molar-refractivity contribution in [1.82, 2.24) is 0 Å². The number of carbonyl (C=O) groups excluding carboxylic acids is 2. The molecule has 0 saturated carbocycles. The van der Waals surface area contributed by atoms with Crippen LogP contribution < -0.4 is 9.47 Å². The molecule has 0 spiro atoms. The Morgan fingerprint density at radius 3 is 2.10 bits per heavy atom. The molecule has 2 N–H and O–H groups in total. The smallest absolute Gasteiger partial charge is 0.331 e. The second-order valence-electron chi connectivity index (χ2n) is 6.22. The fourth-order valence-electron chi connectivity index (χ4n) is 2.45. The number of ether oxygens (including phenoxy) is 4. The normalized spacial score (nSPS) is 12.0. The first-order valence-electron chi connectivity index (χ1n) is 9.31. The monoisotopic (exact) mass is 428 g/mol. The molecule has 0 aliphatic rings. The lowest BCUT2D eigenvalue weighted by molar-refractivity contribution is -0.154. The number of hydrogen-bond donors (Lipinski definition) is 2. The van der Waals surface area contributed by atoms with Crippen LogP contribution in [-0.4, -0.2) is 55.7 Å². The summed E-state index contributed by atoms with van der Waals surface area (Å²) in [7, 11) is 2.78. The Hall–Kier alpha value is -3.78. The van der Waals surface area contributed by atoms with Gasteiger partial charge in [-0.15, -0.1) is 0 Å². The lowest BCUT2D eigenvalue weighted by atomic mass is 10.1. The Morgan fingerprint density at radius 1 is 0.935 bits per heavy atom. The third-order valence-electron chi connectivity index (χ3n) is 4.02. The van der Waals surface area contributed by atoms with Gasteiger partial charge in [0, 0.05) is 12.2 Å². The van der Waals surface area contributed by atoms with Crippen molar-refractivity contribution < 1.29 is 38.7 Å². The van der Waals surface area contributed by atoms with Gasteiger partial charge >= 0.3 is 11.9 Å². The van der Waals surface area contributed by atoms with Gasteiger partial charge in [0.25, 0.3) is 0 Å².